The van der Waals surface area contributed by atoms with Crippen LogP contribution < -0.4 is 0 Å². The Bertz CT molecular complexity index is 280. The van der Waals surface area contributed by atoms with Crippen molar-refractivity contribution in [3.05, 3.63) is 0 Å². The zero-order valence-corrected chi connectivity index (χ0v) is 11.2. The Hall–Kier alpha value is -0.180. The van der Waals surface area contributed by atoms with Crippen LogP contribution in [0, 0.1) is 5.92 Å². The molecular weight excluding hydrogens is 227 g/mol. The van der Waals surface area contributed by atoms with Gasteiger partial charge in [-0.2, -0.15) is 0 Å². The molecule has 0 aromatic rings. The van der Waals surface area contributed by atoms with E-state index in [1.165, 1.54) is 0 Å². The molecule has 4 nitrogen and oxygen atoms in total. The number of carbonyl (C=O) groups is 1. The molecule has 0 amide bonds. The van der Waals surface area contributed by atoms with Crippen LogP contribution in [0.1, 0.15) is 40.0 Å². The second-order valence-electron chi connectivity index (χ2n) is 4.13. The topological polar surface area (TPSA) is 52.6 Å². The molecule has 0 radical (unpaired) electrons. The van der Waals surface area contributed by atoms with Gasteiger partial charge in [-0.3, -0.25) is 9.36 Å². The SMILES string of the molecule is CCOP(=O)(OCC)C1CCCC(C)C1=O. The smallest absolute Gasteiger partial charge is 0.308 e. The largest absolute Gasteiger partial charge is 0.341 e. The maximum atomic E-state index is 12.5. The second-order valence-corrected chi connectivity index (χ2v) is 6.34. The highest BCUT2D eigenvalue weighted by Crippen LogP contribution is 2.56. The monoisotopic (exact) mass is 248 g/mol. The molecule has 1 aliphatic carbocycles. The van der Waals surface area contributed by atoms with Crippen molar-refractivity contribution in [1.29, 1.82) is 0 Å². The van der Waals surface area contributed by atoms with Gasteiger partial charge in [0.15, 0.2) is 5.78 Å². The van der Waals surface area contributed by atoms with E-state index >= 15 is 0 Å². The summed E-state index contributed by atoms with van der Waals surface area (Å²) in [6.07, 6.45) is 2.43. The molecule has 5 heteroatoms. The molecule has 0 bridgehead atoms. The summed E-state index contributed by atoms with van der Waals surface area (Å²) >= 11 is 0. The molecule has 0 aromatic carbocycles. The van der Waals surface area contributed by atoms with Gasteiger partial charge in [0.2, 0.25) is 0 Å². The van der Waals surface area contributed by atoms with E-state index in [2.05, 4.69) is 0 Å². The van der Waals surface area contributed by atoms with Crippen molar-refractivity contribution < 1.29 is 18.4 Å². The molecule has 0 saturated heterocycles. The van der Waals surface area contributed by atoms with Crippen LogP contribution in [-0.4, -0.2) is 24.7 Å². The first-order valence-corrected chi connectivity index (χ1v) is 7.58. The van der Waals surface area contributed by atoms with Crippen LogP contribution in [0.2, 0.25) is 0 Å². The molecule has 2 unspecified atom stereocenters. The second kappa shape index (κ2) is 5.95. The van der Waals surface area contributed by atoms with Crippen molar-refractivity contribution in [3.8, 4) is 0 Å². The van der Waals surface area contributed by atoms with Crippen LogP contribution >= 0.6 is 7.60 Å². The number of carbonyl (C=O) groups excluding carboxylic acids is 1. The molecule has 16 heavy (non-hydrogen) atoms. The Balaban J connectivity index is 2.84. The van der Waals surface area contributed by atoms with Gasteiger partial charge in [0.1, 0.15) is 5.66 Å². The maximum absolute atomic E-state index is 12.5. The average molecular weight is 248 g/mol. The van der Waals surface area contributed by atoms with E-state index in [-0.39, 0.29) is 11.7 Å². The molecule has 2 atom stereocenters. The summed E-state index contributed by atoms with van der Waals surface area (Å²) in [5.74, 6) is 0.0180. The molecule has 1 rings (SSSR count). The van der Waals surface area contributed by atoms with Crippen LogP contribution in [0.15, 0.2) is 0 Å². The van der Waals surface area contributed by atoms with Crippen molar-refractivity contribution >= 4 is 13.4 Å². The fraction of sp³-hybridized carbons (Fsp3) is 0.909. The highest BCUT2D eigenvalue weighted by atomic mass is 31.2. The normalized spacial score (nSPS) is 27.1. The van der Waals surface area contributed by atoms with Crippen molar-refractivity contribution in [2.45, 2.75) is 45.7 Å². The lowest BCUT2D eigenvalue weighted by atomic mass is 9.89. The van der Waals surface area contributed by atoms with E-state index in [1.54, 1.807) is 13.8 Å². The van der Waals surface area contributed by atoms with Crippen molar-refractivity contribution in [3.63, 3.8) is 0 Å². The van der Waals surface area contributed by atoms with Gasteiger partial charge >= 0.3 is 7.60 Å². The van der Waals surface area contributed by atoms with Crippen molar-refractivity contribution in [1.82, 2.24) is 0 Å². The third-order valence-corrected chi connectivity index (χ3v) is 5.44. The Labute approximate surface area is 97.2 Å². The Morgan fingerprint density at radius 1 is 1.25 bits per heavy atom. The lowest BCUT2D eigenvalue weighted by Crippen LogP contribution is -2.32. The lowest BCUT2D eigenvalue weighted by Gasteiger charge is -2.30. The number of rotatable bonds is 5. The van der Waals surface area contributed by atoms with E-state index in [0.29, 0.717) is 19.6 Å². The van der Waals surface area contributed by atoms with Crippen molar-refractivity contribution in [2.75, 3.05) is 13.2 Å². The molecule has 1 saturated carbocycles. The zero-order chi connectivity index (χ0) is 12.2. The molecule has 1 fully saturated rings. The third kappa shape index (κ3) is 2.93. The van der Waals surface area contributed by atoms with Gasteiger partial charge in [0.25, 0.3) is 0 Å². The standard InChI is InChI=1S/C11H21O4P/c1-4-14-16(13,15-5-2)10-8-6-7-9(3)11(10)12/h9-10H,4-8H2,1-3H3. The molecule has 0 N–H and O–H groups in total. The summed E-state index contributed by atoms with van der Waals surface area (Å²) < 4.78 is 22.9. The molecule has 1 aliphatic rings. The molecule has 0 aliphatic heterocycles. The summed E-state index contributed by atoms with van der Waals surface area (Å²) in [6.45, 7) is 6.05. The predicted molar refractivity (Wildman–Crippen MR) is 62.7 cm³/mol. The third-order valence-electron chi connectivity index (χ3n) is 2.93. The highest BCUT2D eigenvalue weighted by Gasteiger charge is 2.43. The van der Waals surface area contributed by atoms with E-state index in [1.807, 2.05) is 6.92 Å². The maximum Gasteiger partial charge on any atom is 0.341 e. The van der Waals surface area contributed by atoms with Gasteiger partial charge in [-0.15, -0.1) is 0 Å². The summed E-state index contributed by atoms with van der Waals surface area (Å²) in [5, 5.41) is 0. The van der Waals surface area contributed by atoms with Crippen LogP contribution in [0.4, 0.5) is 0 Å². The molecule has 0 heterocycles. The van der Waals surface area contributed by atoms with Gasteiger partial charge < -0.3 is 9.05 Å². The summed E-state index contributed by atoms with van der Waals surface area (Å²) in [5.41, 5.74) is -0.545. The Morgan fingerprint density at radius 3 is 2.31 bits per heavy atom. The average Bonchev–Trinajstić information content (AvgIpc) is 2.22. The van der Waals surface area contributed by atoms with E-state index < -0.39 is 13.3 Å². The number of ketones is 1. The fourth-order valence-corrected chi connectivity index (χ4v) is 4.34. The first-order chi connectivity index (χ1) is 7.55. The molecule has 0 spiro atoms. The fourth-order valence-electron chi connectivity index (χ4n) is 2.12. The van der Waals surface area contributed by atoms with Gasteiger partial charge in [-0.1, -0.05) is 13.3 Å². The first kappa shape index (κ1) is 13.9. The Kier molecular flexibility index (Phi) is 5.16. The quantitative estimate of drug-likeness (QED) is 0.702. The lowest BCUT2D eigenvalue weighted by molar-refractivity contribution is -0.124. The predicted octanol–water partition coefficient (Wildman–Crippen LogP) is 3.01. The van der Waals surface area contributed by atoms with Crippen molar-refractivity contribution in [2.24, 2.45) is 5.92 Å². The zero-order valence-electron chi connectivity index (χ0n) is 10.3. The van der Waals surface area contributed by atoms with Crippen LogP contribution in [0.5, 0.6) is 0 Å². The minimum atomic E-state index is -3.24. The van der Waals surface area contributed by atoms with E-state index in [0.717, 1.165) is 12.8 Å². The minimum Gasteiger partial charge on any atom is -0.308 e. The Morgan fingerprint density at radius 2 is 1.81 bits per heavy atom. The van der Waals surface area contributed by atoms with Gasteiger partial charge in [-0.25, -0.2) is 0 Å². The highest BCUT2D eigenvalue weighted by molar-refractivity contribution is 7.55. The summed E-state index contributed by atoms with van der Waals surface area (Å²) in [7, 11) is -3.24. The van der Waals surface area contributed by atoms with E-state index in [4.69, 9.17) is 9.05 Å². The van der Waals surface area contributed by atoms with Crippen LogP contribution in [0.3, 0.4) is 0 Å². The van der Waals surface area contributed by atoms with Gasteiger partial charge in [-0.05, 0) is 26.7 Å². The minimum absolute atomic E-state index is 0.0204. The number of hydrogen-bond acceptors (Lipinski definition) is 4. The van der Waals surface area contributed by atoms with Crippen LogP contribution in [-0.2, 0) is 18.4 Å². The molecular formula is C11H21O4P. The molecule has 94 valence electrons. The number of hydrogen-bond donors (Lipinski definition) is 0. The van der Waals surface area contributed by atoms with Crippen LogP contribution in [0.25, 0.3) is 0 Å². The van der Waals surface area contributed by atoms with Gasteiger partial charge in [0, 0.05) is 5.92 Å². The molecule has 0 aromatic heterocycles. The van der Waals surface area contributed by atoms with Gasteiger partial charge in [0.05, 0.1) is 13.2 Å². The number of Topliss-reactive ketones (excluding diaryl/α,β-unsaturated/α-hetero) is 1. The summed E-state index contributed by atoms with van der Waals surface area (Å²) in [6, 6.07) is 0. The first-order valence-electron chi connectivity index (χ1n) is 5.97. The van der Waals surface area contributed by atoms with E-state index in [9.17, 15) is 9.36 Å². The summed E-state index contributed by atoms with van der Waals surface area (Å²) in [4.78, 5) is 12.0.